The lowest BCUT2D eigenvalue weighted by atomic mass is 10.1. The van der Waals surface area contributed by atoms with Crippen molar-refractivity contribution in [2.24, 2.45) is 0 Å². The Hall–Kier alpha value is -1.97. The van der Waals surface area contributed by atoms with E-state index in [0.29, 0.717) is 6.04 Å². The maximum absolute atomic E-state index is 5.87. The standard InChI is InChI=1S/C17H22N4/c18-14-5-6-17-13(11-14)7-9-20(17)12-15-8-10-21(19-15)16-3-1-2-4-16/h5-6,8,10-11,16H,1-4,7,9,12,18H2. The molecule has 0 atom stereocenters. The number of hydrogen-bond donors (Lipinski definition) is 1. The molecule has 0 bridgehead atoms. The summed E-state index contributed by atoms with van der Waals surface area (Å²) in [6.07, 6.45) is 8.51. The molecule has 2 aromatic rings. The van der Waals surface area contributed by atoms with Crippen molar-refractivity contribution < 1.29 is 0 Å². The third kappa shape index (κ3) is 2.39. The first-order valence-corrected chi connectivity index (χ1v) is 7.97. The number of rotatable bonds is 3. The minimum atomic E-state index is 0.629. The first-order chi connectivity index (χ1) is 10.3. The van der Waals surface area contributed by atoms with Crippen molar-refractivity contribution in [1.82, 2.24) is 9.78 Å². The molecule has 110 valence electrons. The number of hydrogen-bond acceptors (Lipinski definition) is 3. The molecule has 0 amide bonds. The Morgan fingerprint density at radius 3 is 2.90 bits per heavy atom. The van der Waals surface area contributed by atoms with Crippen LogP contribution in [0.2, 0.25) is 0 Å². The van der Waals surface area contributed by atoms with E-state index >= 15 is 0 Å². The highest BCUT2D eigenvalue weighted by molar-refractivity contribution is 5.62. The largest absolute Gasteiger partial charge is 0.399 e. The third-order valence-electron chi connectivity index (χ3n) is 4.81. The van der Waals surface area contributed by atoms with Gasteiger partial charge in [-0.25, -0.2) is 0 Å². The molecule has 1 aromatic heterocycles. The summed E-state index contributed by atoms with van der Waals surface area (Å²) in [6.45, 7) is 1.96. The Bertz CT molecular complexity index is 640. The second-order valence-electron chi connectivity index (χ2n) is 6.29. The quantitative estimate of drug-likeness (QED) is 0.880. The van der Waals surface area contributed by atoms with Crippen LogP contribution < -0.4 is 10.6 Å². The van der Waals surface area contributed by atoms with Crippen LogP contribution in [0, 0.1) is 0 Å². The normalized spacial score (nSPS) is 18.4. The SMILES string of the molecule is Nc1ccc2c(c1)CCN2Cc1ccn(C2CCCC2)n1. The molecule has 0 spiro atoms. The Kier molecular flexibility index (Phi) is 3.09. The molecule has 1 saturated carbocycles. The van der Waals surface area contributed by atoms with Crippen molar-refractivity contribution in [3.05, 3.63) is 41.7 Å². The van der Waals surface area contributed by atoms with Gasteiger partial charge in [-0.1, -0.05) is 12.8 Å². The number of nitrogens with two attached hydrogens (primary N) is 1. The lowest BCUT2D eigenvalue weighted by molar-refractivity contribution is 0.462. The Morgan fingerprint density at radius 2 is 2.05 bits per heavy atom. The van der Waals surface area contributed by atoms with Crippen molar-refractivity contribution >= 4 is 11.4 Å². The number of nitrogen functional groups attached to an aromatic ring is 1. The number of nitrogens with zero attached hydrogens (tertiary/aromatic N) is 3. The van der Waals surface area contributed by atoms with E-state index in [0.717, 1.165) is 25.2 Å². The molecule has 4 nitrogen and oxygen atoms in total. The second kappa shape index (κ2) is 5.10. The van der Waals surface area contributed by atoms with E-state index in [9.17, 15) is 0 Å². The minimum Gasteiger partial charge on any atom is -0.399 e. The number of benzene rings is 1. The summed E-state index contributed by atoms with van der Waals surface area (Å²) >= 11 is 0. The fourth-order valence-electron chi connectivity index (χ4n) is 3.68. The van der Waals surface area contributed by atoms with Gasteiger partial charge < -0.3 is 10.6 Å². The van der Waals surface area contributed by atoms with Crippen LogP contribution >= 0.6 is 0 Å². The van der Waals surface area contributed by atoms with E-state index in [4.69, 9.17) is 10.8 Å². The van der Waals surface area contributed by atoms with Crippen LogP contribution in [0.1, 0.15) is 43.0 Å². The molecule has 1 aliphatic heterocycles. The maximum atomic E-state index is 5.87. The van der Waals surface area contributed by atoms with Gasteiger partial charge in [0.15, 0.2) is 0 Å². The maximum Gasteiger partial charge on any atom is 0.0817 e. The summed E-state index contributed by atoms with van der Waals surface area (Å²) in [4.78, 5) is 2.41. The summed E-state index contributed by atoms with van der Waals surface area (Å²) in [6, 6.07) is 9.05. The summed E-state index contributed by atoms with van der Waals surface area (Å²) in [7, 11) is 0. The first kappa shape index (κ1) is 12.7. The van der Waals surface area contributed by atoms with Crippen LogP contribution in [0.4, 0.5) is 11.4 Å². The fraction of sp³-hybridized carbons (Fsp3) is 0.471. The van der Waals surface area contributed by atoms with Gasteiger partial charge in [0.2, 0.25) is 0 Å². The average molecular weight is 282 g/mol. The van der Waals surface area contributed by atoms with Crippen molar-refractivity contribution in [1.29, 1.82) is 0 Å². The van der Waals surface area contributed by atoms with Crippen LogP contribution in [-0.4, -0.2) is 16.3 Å². The van der Waals surface area contributed by atoms with Gasteiger partial charge in [-0.2, -0.15) is 5.10 Å². The van der Waals surface area contributed by atoms with Gasteiger partial charge in [-0.05, 0) is 49.1 Å². The third-order valence-corrected chi connectivity index (χ3v) is 4.81. The molecule has 2 N–H and O–H groups in total. The molecule has 2 aliphatic rings. The van der Waals surface area contributed by atoms with E-state index in [1.165, 1.54) is 42.6 Å². The van der Waals surface area contributed by atoms with Gasteiger partial charge in [-0.15, -0.1) is 0 Å². The van der Waals surface area contributed by atoms with Gasteiger partial charge in [0.25, 0.3) is 0 Å². The summed E-state index contributed by atoms with van der Waals surface area (Å²) in [5, 5.41) is 4.80. The molecule has 4 rings (SSSR count). The van der Waals surface area contributed by atoms with Crippen molar-refractivity contribution in [3.8, 4) is 0 Å². The van der Waals surface area contributed by atoms with E-state index in [2.05, 4.69) is 34.0 Å². The van der Waals surface area contributed by atoms with Crippen LogP contribution in [0.3, 0.4) is 0 Å². The van der Waals surface area contributed by atoms with E-state index in [1.807, 2.05) is 6.07 Å². The highest BCUT2D eigenvalue weighted by Crippen LogP contribution is 2.31. The Balaban J connectivity index is 1.50. The lowest BCUT2D eigenvalue weighted by Crippen LogP contribution is -2.20. The van der Waals surface area contributed by atoms with Crippen molar-refractivity contribution in [2.45, 2.75) is 44.7 Å². The van der Waals surface area contributed by atoms with Crippen molar-refractivity contribution in [2.75, 3.05) is 17.2 Å². The first-order valence-electron chi connectivity index (χ1n) is 7.97. The highest BCUT2D eigenvalue weighted by Gasteiger charge is 2.21. The van der Waals surface area contributed by atoms with E-state index < -0.39 is 0 Å². The van der Waals surface area contributed by atoms with E-state index in [-0.39, 0.29) is 0 Å². The number of aromatic nitrogens is 2. The molecule has 0 saturated heterocycles. The van der Waals surface area contributed by atoms with Crippen LogP contribution in [0.15, 0.2) is 30.5 Å². The van der Waals surface area contributed by atoms with E-state index in [1.54, 1.807) is 0 Å². The van der Waals surface area contributed by atoms with Crippen LogP contribution in [-0.2, 0) is 13.0 Å². The van der Waals surface area contributed by atoms with Gasteiger partial charge in [0, 0.05) is 24.1 Å². The van der Waals surface area contributed by atoms with Crippen molar-refractivity contribution in [3.63, 3.8) is 0 Å². The molecule has 1 aromatic carbocycles. The zero-order valence-electron chi connectivity index (χ0n) is 12.3. The second-order valence-corrected chi connectivity index (χ2v) is 6.29. The molecular formula is C17H22N4. The molecular weight excluding hydrogens is 260 g/mol. The Labute approximate surface area is 125 Å². The molecule has 0 radical (unpaired) electrons. The molecule has 1 aliphatic carbocycles. The smallest absolute Gasteiger partial charge is 0.0817 e. The van der Waals surface area contributed by atoms with Crippen LogP contribution in [0.5, 0.6) is 0 Å². The molecule has 21 heavy (non-hydrogen) atoms. The highest BCUT2D eigenvalue weighted by atomic mass is 15.3. The monoisotopic (exact) mass is 282 g/mol. The molecule has 4 heteroatoms. The summed E-state index contributed by atoms with van der Waals surface area (Å²) < 4.78 is 2.18. The van der Waals surface area contributed by atoms with Gasteiger partial charge in [0.1, 0.15) is 0 Å². The topological polar surface area (TPSA) is 47.1 Å². The minimum absolute atomic E-state index is 0.629. The average Bonchev–Trinajstić information content (AvgIpc) is 3.19. The molecule has 2 heterocycles. The fourth-order valence-corrected chi connectivity index (χ4v) is 3.68. The number of anilines is 2. The predicted molar refractivity (Wildman–Crippen MR) is 85.3 cm³/mol. The zero-order valence-corrected chi connectivity index (χ0v) is 12.3. The van der Waals surface area contributed by atoms with Gasteiger partial charge in [-0.3, -0.25) is 4.68 Å². The van der Waals surface area contributed by atoms with Gasteiger partial charge in [0.05, 0.1) is 18.3 Å². The van der Waals surface area contributed by atoms with Crippen LogP contribution in [0.25, 0.3) is 0 Å². The van der Waals surface area contributed by atoms with Gasteiger partial charge >= 0.3 is 0 Å². The molecule has 0 unspecified atom stereocenters. The number of fused-ring (bicyclic) bond motifs is 1. The molecule has 1 fully saturated rings. The lowest BCUT2D eigenvalue weighted by Gasteiger charge is -2.18. The summed E-state index contributed by atoms with van der Waals surface area (Å²) in [5.74, 6) is 0. The Morgan fingerprint density at radius 1 is 1.19 bits per heavy atom. The predicted octanol–water partition coefficient (Wildman–Crippen LogP) is 3.14. The zero-order chi connectivity index (χ0) is 14.2. The summed E-state index contributed by atoms with van der Waals surface area (Å²) in [5.41, 5.74) is 10.6.